The molecule has 9 heteroatoms. The van der Waals surface area contributed by atoms with Crippen molar-refractivity contribution in [3.8, 4) is 45.6 Å². The van der Waals surface area contributed by atoms with Crippen LogP contribution in [0, 0.1) is 0 Å². The molecule has 0 aliphatic carbocycles. The maximum atomic E-state index is 13.7. The molecule has 2 aliphatic rings. The number of methoxy groups -OCH3 is 2. The van der Waals surface area contributed by atoms with E-state index in [-0.39, 0.29) is 34.5 Å². The number of hydrogen-bond donors (Lipinski definition) is 1. The Hall–Kier alpha value is -4.66. The Kier molecular flexibility index (Phi) is 5.40. The van der Waals surface area contributed by atoms with Gasteiger partial charge in [0.2, 0.25) is 5.43 Å². The van der Waals surface area contributed by atoms with Crippen molar-refractivity contribution in [2.45, 2.75) is 12.3 Å². The Morgan fingerprint density at radius 1 is 0.892 bits per heavy atom. The first kappa shape index (κ1) is 22.8. The number of esters is 1. The van der Waals surface area contributed by atoms with E-state index < -0.39 is 17.3 Å². The van der Waals surface area contributed by atoms with Gasteiger partial charge in [0.15, 0.2) is 23.0 Å². The van der Waals surface area contributed by atoms with Gasteiger partial charge in [0.05, 0.1) is 26.2 Å². The third-order valence-corrected chi connectivity index (χ3v) is 6.63. The van der Waals surface area contributed by atoms with Crippen molar-refractivity contribution in [1.29, 1.82) is 0 Å². The Bertz CT molecular complexity index is 1620. The van der Waals surface area contributed by atoms with E-state index in [9.17, 15) is 14.7 Å². The van der Waals surface area contributed by atoms with Crippen LogP contribution in [0.15, 0.2) is 57.9 Å². The third kappa shape index (κ3) is 3.70. The summed E-state index contributed by atoms with van der Waals surface area (Å²) in [6.45, 7) is 0.882. The number of fused-ring (bicyclic) bond motifs is 4. The molecule has 4 aromatic rings. The van der Waals surface area contributed by atoms with Crippen molar-refractivity contribution >= 4 is 16.9 Å². The number of rotatable bonds is 4. The molecule has 3 heterocycles. The van der Waals surface area contributed by atoms with Gasteiger partial charge in [-0.15, -0.1) is 0 Å². The SMILES string of the molecule is COc1ccc(-c2coc3c4c(cc(O)c3c2=O)OC(=O)C[C@H]4c2ccc3c(c2)OCCO3)cc1OC. The smallest absolute Gasteiger partial charge is 0.312 e. The van der Waals surface area contributed by atoms with Gasteiger partial charge in [-0.05, 0) is 35.4 Å². The van der Waals surface area contributed by atoms with Crippen molar-refractivity contribution in [3.05, 3.63) is 70.1 Å². The molecule has 6 rings (SSSR count). The van der Waals surface area contributed by atoms with Gasteiger partial charge in [-0.25, -0.2) is 0 Å². The maximum absolute atomic E-state index is 13.7. The second kappa shape index (κ2) is 8.77. The number of phenolic OH excluding ortho intramolecular Hbond substituents is 1. The number of carbonyl (C=O) groups excluding carboxylic acids is 1. The normalized spacial score (nSPS) is 16.2. The summed E-state index contributed by atoms with van der Waals surface area (Å²) in [4.78, 5) is 26.1. The summed E-state index contributed by atoms with van der Waals surface area (Å²) in [6.07, 6.45) is 1.36. The van der Waals surface area contributed by atoms with Crippen LogP contribution in [0.3, 0.4) is 0 Å². The zero-order chi connectivity index (χ0) is 25.7. The standard InChI is InChI=1S/C28H22O9/c1-32-19-5-3-15(9-21(19)33-2)17-13-36-28-25-16(14-4-6-20-22(10-14)35-8-7-34-20)11-24(30)37-23(25)12-18(29)26(28)27(17)31/h3-6,9-10,12-13,16,29H,7-8,11H2,1-2H3/t16-/m0/s1. The quantitative estimate of drug-likeness (QED) is 0.320. The Morgan fingerprint density at radius 2 is 1.68 bits per heavy atom. The van der Waals surface area contributed by atoms with Crippen molar-refractivity contribution in [2.24, 2.45) is 0 Å². The molecule has 0 saturated carbocycles. The van der Waals surface area contributed by atoms with Gasteiger partial charge >= 0.3 is 5.97 Å². The van der Waals surface area contributed by atoms with Gasteiger partial charge in [0.1, 0.15) is 41.9 Å². The summed E-state index contributed by atoms with van der Waals surface area (Å²) in [5.41, 5.74) is 1.73. The highest BCUT2D eigenvalue weighted by Crippen LogP contribution is 2.47. The van der Waals surface area contributed by atoms with Gasteiger partial charge in [-0.3, -0.25) is 9.59 Å². The molecule has 1 N–H and O–H groups in total. The average Bonchev–Trinajstić information content (AvgIpc) is 2.91. The molecule has 188 valence electrons. The van der Waals surface area contributed by atoms with E-state index in [0.29, 0.717) is 47.3 Å². The lowest BCUT2D eigenvalue weighted by atomic mass is 9.84. The first-order valence-corrected chi connectivity index (χ1v) is 11.6. The van der Waals surface area contributed by atoms with Crippen LogP contribution in [0.1, 0.15) is 23.5 Å². The van der Waals surface area contributed by atoms with Gasteiger partial charge in [0, 0.05) is 17.5 Å². The van der Waals surface area contributed by atoms with Crippen LogP contribution < -0.4 is 29.1 Å². The molecule has 0 radical (unpaired) electrons. The zero-order valence-electron chi connectivity index (χ0n) is 20.0. The monoisotopic (exact) mass is 502 g/mol. The van der Waals surface area contributed by atoms with E-state index in [1.165, 1.54) is 26.5 Å². The average molecular weight is 502 g/mol. The fourth-order valence-corrected chi connectivity index (χ4v) is 4.90. The van der Waals surface area contributed by atoms with Gasteiger partial charge in [-0.1, -0.05) is 12.1 Å². The Morgan fingerprint density at radius 3 is 2.46 bits per heavy atom. The molecule has 3 aromatic carbocycles. The van der Waals surface area contributed by atoms with Crippen LogP contribution in [-0.4, -0.2) is 38.5 Å². The minimum Gasteiger partial charge on any atom is -0.507 e. The van der Waals surface area contributed by atoms with Gasteiger partial charge < -0.3 is 33.2 Å². The molecule has 2 aliphatic heterocycles. The highest BCUT2D eigenvalue weighted by molar-refractivity contribution is 5.94. The number of ether oxygens (including phenoxy) is 5. The van der Waals surface area contributed by atoms with E-state index in [4.69, 9.17) is 28.1 Å². The summed E-state index contributed by atoms with van der Waals surface area (Å²) in [6, 6.07) is 11.8. The summed E-state index contributed by atoms with van der Waals surface area (Å²) in [5.74, 6) is 0.987. The highest BCUT2D eigenvalue weighted by Gasteiger charge is 2.34. The fourth-order valence-electron chi connectivity index (χ4n) is 4.90. The van der Waals surface area contributed by atoms with E-state index in [0.717, 1.165) is 5.56 Å². The Labute approximate surface area is 210 Å². The third-order valence-electron chi connectivity index (χ3n) is 6.63. The largest absolute Gasteiger partial charge is 0.507 e. The minimum absolute atomic E-state index is 0.00785. The molecular formula is C28H22O9. The number of benzene rings is 3. The summed E-state index contributed by atoms with van der Waals surface area (Å²) < 4.78 is 33.4. The summed E-state index contributed by atoms with van der Waals surface area (Å²) >= 11 is 0. The molecule has 1 aromatic heterocycles. The molecule has 0 saturated heterocycles. The molecule has 0 unspecified atom stereocenters. The lowest BCUT2D eigenvalue weighted by Crippen LogP contribution is -2.22. The second-order valence-electron chi connectivity index (χ2n) is 8.69. The molecule has 0 amide bonds. The van der Waals surface area contributed by atoms with Crippen LogP contribution in [0.5, 0.6) is 34.5 Å². The minimum atomic E-state index is -0.495. The zero-order valence-corrected chi connectivity index (χ0v) is 20.0. The summed E-state index contributed by atoms with van der Waals surface area (Å²) in [7, 11) is 3.02. The topological polar surface area (TPSA) is 114 Å². The highest BCUT2D eigenvalue weighted by atomic mass is 16.6. The molecule has 37 heavy (non-hydrogen) atoms. The van der Waals surface area contributed by atoms with Crippen molar-refractivity contribution in [1.82, 2.24) is 0 Å². The van der Waals surface area contributed by atoms with Crippen molar-refractivity contribution < 1.29 is 38.0 Å². The van der Waals surface area contributed by atoms with Crippen LogP contribution in [0.25, 0.3) is 22.1 Å². The first-order chi connectivity index (χ1) is 18.0. The van der Waals surface area contributed by atoms with Crippen LogP contribution in [0.2, 0.25) is 0 Å². The molecule has 9 nitrogen and oxygen atoms in total. The number of carbonyl (C=O) groups is 1. The molecule has 0 spiro atoms. The number of hydrogen-bond acceptors (Lipinski definition) is 9. The van der Waals surface area contributed by atoms with Gasteiger partial charge in [0.25, 0.3) is 0 Å². The van der Waals surface area contributed by atoms with E-state index in [1.54, 1.807) is 24.3 Å². The summed E-state index contributed by atoms with van der Waals surface area (Å²) in [5, 5.41) is 10.8. The van der Waals surface area contributed by atoms with E-state index in [2.05, 4.69) is 0 Å². The number of aromatic hydroxyl groups is 1. The van der Waals surface area contributed by atoms with Crippen LogP contribution >= 0.6 is 0 Å². The van der Waals surface area contributed by atoms with Crippen molar-refractivity contribution in [2.75, 3.05) is 27.4 Å². The van der Waals surface area contributed by atoms with Crippen LogP contribution in [-0.2, 0) is 4.79 Å². The van der Waals surface area contributed by atoms with E-state index >= 15 is 0 Å². The molecule has 0 bridgehead atoms. The molecule has 0 fully saturated rings. The Balaban J connectivity index is 1.54. The predicted octanol–water partition coefficient (Wildman–Crippen LogP) is 4.40. The molecule has 1 atom stereocenters. The van der Waals surface area contributed by atoms with Gasteiger partial charge in [-0.2, -0.15) is 0 Å². The van der Waals surface area contributed by atoms with E-state index in [1.807, 2.05) is 12.1 Å². The lowest BCUT2D eigenvalue weighted by Gasteiger charge is -2.27. The fraction of sp³-hybridized carbons (Fsp3) is 0.214. The first-order valence-electron chi connectivity index (χ1n) is 11.6. The maximum Gasteiger partial charge on any atom is 0.312 e. The predicted molar refractivity (Wildman–Crippen MR) is 132 cm³/mol. The second-order valence-corrected chi connectivity index (χ2v) is 8.69. The molecular weight excluding hydrogens is 480 g/mol. The number of phenols is 1. The van der Waals surface area contributed by atoms with Crippen LogP contribution in [0.4, 0.5) is 0 Å². The lowest BCUT2D eigenvalue weighted by molar-refractivity contribution is -0.135. The van der Waals surface area contributed by atoms with Crippen molar-refractivity contribution in [3.63, 3.8) is 0 Å².